The predicted molar refractivity (Wildman–Crippen MR) is 282 cm³/mol. The molecule has 1 amide bonds. The summed E-state index contributed by atoms with van der Waals surface area (Å²) < 4.78 is 5.45. The van der Waals surface area contributed by atoms with Crippen LogP contribution < -0.4 is 5.32 Å². The fourth-order valence-electron chi connectivity index (χ4n) is 8.18. The Hall–Kier alpha value is -2.44. The first-order valence-corrected chi connectivity index (χ1v) is 28.1. The molecule has 0 saturated heterocycles. The van der Waals surface area contributed by atoms with Crippen LogP contribution in [0.2, 0.25) is 0 Å². The van der Waals surface area contributed by atoms with Gasteiger partial charge in [-0.1, -0.05) is 229 Å². The highest BCUT2D eigenvalue weighted by Crippen LogP contribution is 2.15. The number of esters is 1. The quantitative estimate of drug-likeness (QED) is 0.0245. The molecule has 65 heavy (non-hydrogen) atoms. The van der Waals surface area contributed by atoms with E-state index in [4.69, 9.17) is 4.74 Å². The number of amides is 1. The molecule has 3 N–H and O–H groups in total. The molecule has 0 aromatic carbocycles. The largest absolute Gasteiger partial charge is 0.466 e. The number of hydrogen-bond donors (Lipinski definition) is 3. The van der Waals surface area contributed by atoms with E-state index in [0.717, 1.165) is 89.9 Å². The van der Waals surface area contributed by atoms with Gasteiger partial charge in [-0.2, -0.15) is 0 Å². The number of carbonyl (C=O) groups is 2. The third-order valence-corrected chi connectivity index (χ3v) is 12.5. The van der Waals surface area contributed by atoms with Gasteiger partial charge in [0.05, 0.1) is 25.4 Å². The molecule has 0 aliphatic rings. The third kappa shape index (κ3) is 50.8. The van der Waals surface area contributed by atoms with E-state index in [1.807, 2.05) is 6.08 Å². The summed E-state index contributed by atoms with van der Waals surface area (Å²) in [7, 11) is 0. The van der Waals surface area contributed by atoms with E-state index in [2.05, 4.69) is 67.8 Å². The highest BCUT2D eigenvalue weighted by molar-refractivity contribution is 5.76. The lowest BCUT2D eigenvalue weighted by Crippen LogP contribution is -2.45. The van der Waals surface area contributed by atoms with Crippen LogP contribution in [0.5, 0.6) is 0 Å². The van der Waals surface area contributed by atoms with E-state index in [0.29, 0.717) is 19.4 Å². The maximum absolute atomic E-state index is 12.4. The number of nitrogens with one attached hydrogen (secondary N) is 1. The van der Waals surface area contributed by atoms with Crippen LogP contribution in [-0.4, -0.2) is 47.4 Å². The van der Waals surface area contributed by atoms with Crippen LogP contribution >= 0.6 is 0 Å². The average Bonchev–Trinajstić information content (AvgIpc) is 3.31. The molecular formula is C59H107NO5. The lowest BCUT2D eigenvalue weighted by Gasteiger charge is -2.20. The molecule has 6 heteroatoms. The van der Waals surface area contributed by atoms with Gasteiger partial charge in [-0.05, 0) is 96.3 Å². The molecule has 2 unspecified atom stereocenters. The van der Waals surface area contributed by atoms with Gasteiger partial charge in [-0.25, -0.2) is 0 Å². The van der Waals surface area contributed by atoms with Crippen molar-refractivity contribution in [2.75, 3.05) is 13.2 Å². The Morgan fingerprint density at radius 2 is 0.815 bits per heavy atom. The summed E-state index contributed by atoms with van der Waals surface area (Å²) in [5.74, 6) is -0.108. The van der Waals surface area contributed by atoms with Gasteiger partial charge in [0, 0.05) is 12.8 Å². The second-order valence-corrected chi connectivity index (χ2v) is 18.9. The highest BCUT2D eigenvalue weighted by atomic mass is 16.5. The molecule has 0 radical (unpaired) electrons. The number of ether oxygens (including phenoxy) is 1. The number of rotatable bonds is 51. The number of aliphatic hydroxyl groups is 2. The molecule has 0 aliphatic carbocycles. The smallest absolute Gasteiger partial charge is 0.305 e. The highest BCUT2D eigenvalue weighted by Gasteiger charge is 2.18. The first kappa shape index (κ1) is 62.6. The van der Waals surface area contributed by atoms with Gasteiger partial charge in [0.25, 0.3) is 0 Å². The molecule has 0 aliphatic heterocycles. The lowest BCUT2D eigenvalue weighted by atomic mass is 10.0. The van der Waals surface area contributed by atoms with Crippen molar-refractivity contribution in [1.29, 1.82) is 0 Å². The Labute approximate surface area is 403 Å². The van der Waals surface area contributed by atoms with Crippen LogP contribution in [0, 0.1) is 0 Å². The summed E-state index contributed by atoms with van der Waals surface area (Å²) >= 11 is 0. The first-order chi connectivity index (χ1) is 32.0. The predicted octanol–water partition coefficient (Wildman–Crippen LogP) is 17.2. The monoisotopic (exact) mass is 910 g/mol. The average molecular weight is 911 g/mol. The van der Waals surface area contributed by atoms with Crippen molar-refractivity contribution in [1.82, 2.24) is 5.32 Å². The van der Waals surface area contributed by atoms with Gasteiger partial charge in [-0.3, -0.25) is 9.59 Å². The van der Waals surface area contributed by atoms with E-state index in [1.54, 1.807) is 6.08 Å². The molecule has 0 bridgehead atoms. The summed E-state index contributed by atoms with van der Waals surface area (Å²) in [5, 5.41) is 23.0. The number of allylic oxidation sites excluding steroid dienone is 9. The minimum Gasteiger partial charge on any atom is -0.466 e. The van der Waals surface area contributed by atoms with Crippen LogP contribution in [-0.2, 0) is 14.3 Å². The molecule has 0 fully saturated rings. The normalized spacial score (nSPS) is 13.1. The Morgan fingerprint density at radius 1 is 0.446 bits per heavy atom. The molecule has 0 saturated carbocycles. The summed E-state index contributed by atoms with van der Waals surface area (Å²) in [4.78, 5) is 24.5. The van der Waals surface area contributed by atoms with Crippen molar-refractivity contribution < 1.29 is 24.5 Å². The van der Waals surface area contributed by atoms with E-state index in [9.17, 15) is 19.8 Å². The summed E-state index contributed by atoms with van der Waals surface area (Å²) in [6.45, 7) is 4.82. The Bertz CT molecular complexity index is 1140. The first-order valence-electron chi connectivity index (χ1n) is 28.1. The summed E-state index contributed by atoms with van der Waals surface area (Å²) in [5.41, 5.74) is 0. The van der Waals surface area contributed by atoms with Gasteiger partial charge in [-0.15, -0.1) is 0 Å². The Morgan fingerprint density at radius 3 is 1.28 bits per heavy atom. The van der Waals surface area contributed by atoms with Crippen molar-refractivity contribution in [3.8, 4) is 0 Å². The molecular weight excluding hydrogens is 803 g/mol. The van der Waals surface area contributed by atoms with Crippen LogP contribution in [0.1, 0.15) is 277 Å². The van der Waals surface area contributed by atoms with Crippen LogP contribution in [0.25, 0.3) is 0 Å². The maximum Gasteiger partial charge on any atom is 0.305 e. The van der Waals surface area contributed by atoms with E-state index in [-0.39, 0.29) is 18.5 Å². The summed E-state index contributed by atoms with van der Waals surface area (Å²) in [6, 6.07) is -0.636. The van der Waals surface area contributed by atoms with Crippen molar-refractivity contribution >= 4 is 11.9 Å². The Balaban J connectivity index is 3.52. The zero-order valence-corrected chi connectivity index (χ0v) is 43.0. The van der Waals surface area contributed by atoms with Crippen molar-refractivity contribution in [3.05, 3.63) is 60.8 Å². The molecule has 6 nitrogen and oxygen atoms in total. The zero-order valence-electron chi connectivity index (χ0n) is 43.0. The summed E-state index contributed by atoms with van der Waals surface area (Å²) in [6.07, 6.45) is 69.5. The number of hydrogen-bond acceptors (Lipinski definition) is 5. The van der Waals surface area contributed by atoms with Crippen molar-refractivity contribution in [2.24, 2.45) is 0 Å². The second-order valence-electron chi connectivity index (χ2n) is 18.9. The molecule has 0 heterocycles. The van der Waals surface area contributed by atoms with Gasteiger partial charge in [0.15, 0.2) is 0 Å². The third-order valence-electron chi connectivity index (χ3n) is 12.5. The van der Waals surface area contributed by atoms with Gasteiger partial charge >= 0.3 is 5.97 Å². The number of aliphatic hydroxyl groups excluding tert-OH is 2. The number of unbranched alkanes of at least 4 members (excludes halogenated alkanes) is 33. The lowest BCUT2D eigenvalue weighted by molar-refractivity contribution is -0.143. The van der Waals surface area contributed by atoms with Crippen LogP contribution in [0.3, 0.4) is 0 Å². The minimum absolute atomic E-state index is 0.0286. The minimum atomic E-state index is -0.852. The van der Waals surface area contributed by atoms with Gasteiger partial charge in [0.2, 0.25) is 5.91 Å². The fraction of sp³-hybridized carbons (Fsp3) is 0.797. The molecule has 0 aromatic rings. The second kappa shape index (κ2) is 54.2. The molecule has 2 atom stereocenters. The molecule has 378 valence electrons. The van der Waals surface area contributed by atoms with Gasteiger partial charge < -0.3 is 20.3 Å². The standard InChI is InChI=1S/C59H107NO5/c1-3-5-7-9-11-13-15-17-18-25-29-33-37-41-45-49-53-59(64)65-54-50-46-42-38-34-30-26-23-21-19-20-22-24-28-32-36-40-44-48-52-58(63)60-56(55-61)57(62)51-47-43-39-35-31-27-16-14-12-10-8-6-4-2/h13,15,18,23,25-26,30,34,47,51,56-57,61-62H,3-12,14,16-17,19-22,24,27-29,31-33,35-46,48-50,52-55H2,1-2H3,(H,60,63)/b15-13-,25-18-,26-23-,34-30-,51-47+. The zero-order chi connectivity index (χ0) is 47.2. The van der Waals surface area contributed by atoms with Gasteiger partial charge in [0.1, 0.15) is 0 Å². The topological polar surface area (TPSA) is 95.9 Å². The van der Waals surface area contributed by atoms with E-state index in [1.165, 1.54) is 161 Å². The number of carbonyl (C=O) groups excluding carboxylic acids is 2. The van der Waals surface area contributed by atoms with Crippen molar-refractivity contribution in [3.63, 3.8) is 0 Å². The van der Waals surface area contributed by atoms with E-state index >= 15 is 0 Å². The fourth-order valence-corrected chi connectivity index (χ4v) is 8.18. The molecule has 0 spiro atoms. The molecule has 0 aromatic heterocycles. The Kier molecular flexibility index (Phi) is 52.1. The van der Waals surface area contributed by atoms with Crippen LogP contribution in [0.15, 0.2) is 60.8 Å². The van der Waals surface area contributed by atoms with Crippen molar-refractivity contribution in [2.45, 2.75) is 289 Å². The molecule has 0 rings (SSSR count). The maximum atomic E-state index is 12.4. The van der Waals surface area contributed by atoms with Crippen LogP contribution in [0.4, 0.5) is 0 Å². The van der Waals surface area contributed by atoms with E-state index < -0.39 is 12.1 Å². The SMILES string of the molecule is CCCCCC/C=C\C/C=C\CCCCCCCC(=O)OCCCCC/C=C\C=C/CCCCCCCCCCCCC(=O)NC(CO)C(O)/C=C/CCCCCCCCCCCCC.